The number of methoxy groups -OCH3 is 2. The van der Waals surface area contributed by atoms with Gasteiger partial charge < -0.3 is 9.47 Å². The van der Waals surface area contributed by atoms with Gasteiger partial charge in [0.25, 0.3) is 5.69 Å². The zero-order valence-electron chi connectivity index (χ0n) is 18.5. The lowest BCUT2D eigenvalue weighted by atomic mass is 9.87. The van der Waals surface area contributed by atoms with Crippen LogP contribution in [-0.4, -0.2) is 37.1 Å². The number of nitro groups is 1. The Labute approximate surface area is 198 Å². The highest BCUT2D eigenvalue weighted by atomic mass is 35.5. The van der Waals surface area contributed by atoms with Gasteiger partial charge in [0.15, 0.2) is 11.5 Å². The predicted molar refractivity (Wildman–Crippen MR) is 130 cm³/mol. The summed E-state index contributed by atoms with van der Waals surface area (Å²) in [6, 6.07) is 18.7. The molecule has 0 aromatic heterocycles. The summed E-state index contributed by atoms with van der Waals surface area (Å²) in [5.74, 6) is 1.39. The van der Waals surface area contributed by atoms with Gasteiger partial charge in [-0.2, -0.15) is 0 Å². The maximum absolute atomic E-state index is 11.3. The number of nitro benzene ring substituents is 1. The second-order valence-corrected chi connectivity index (χ2v) is 8.26. The maximum Gasteiger partial charge on any atom is 0.276 e. The Morgan fingerprint density at radius 2 is 1.85 bits per heavy atom. The summed E-state index contributed by atoms with van der Waals surface area (Å²) in [4.78, 5) is 13.3. The van der Waals surface area contributed by atoms with E-state index in [1.807, 2.05) is 42.5 Å². The Balaban J connectivity index is 1.70. The molecule has 7 heteroatoms. The summed E-state index contributed by atoms with van der Waals surface area (Å²) in [5.41, 5.74) is 4.11. The predicted octanol–water partition coefficient (Wildman–Crippen LogP) is 5.93. The van der Waals surface area contributed by atoms with E-state index in [-0.39, 0.29) is 16.7 Å². The summed E-state index contributed by atoms with van der Waals surface area (Å²) in [6.45, 7) is 1.44. The maximum atomic E-state index is 11.3. The van der Waals surface area contributed by atoms with Crippen LogP contribution in [-0.2, 0) is 6.42 Å². The van der Waals surface area contributed by atoms with Crippen LogP contribution < -0.4 is 9.47 Å². The molecule has 1 heterocycles. The SMILES string of the molecule is COc1cc2c(cc1OC)C(c1cccc(Cl)c1)N(CC=Cc1ccccc1[N+](=O)[O-])CC2. The van der Waals surface area contributed by atoms with Gasteiger partial charge in [0.05, 0.1) is 30.7 Å². The molecule has 0 saturated carbocycles. The molecule has 0 N–H and O–H groups in total. The van der Waals surface area contributed by atoms with Gasteiger partial charge in [0, 0.05) is 24.2 Å². The number of nitrogens with zero attached hydrogens (tertiary/aromatic N) is 2. The van der Waals surface area contributed by atoms with E-state index in [4.69, 9.17) is 21.1 Å². The van der Waals surface area contributed by atoms with Gasteiger partial charge in [0.1, 0.15) is 0 Å². The van der Waals surface area contributed by atoms with Crippen molar-refractivity contribution in [1.29, 1.82) is 0 Å². The zero-order valence-corrected chi connectivity index (χ0v) is 19.3. The lowest BCUT2D eigenvalue weighted by Crippen LogP contribution is -2.36. The van der Waals surface area contributed by atoms with Crippen molar-refractivity contribution >= 4 is 23.4 Å². The first-order chi connectivity index (χ1) is 16.0. The van der Waals surface area contributed by atoms with Crippen LogP contribution >= 0.6 is 11.6 Å². The van der Waals surface area contributed by atoms with Crippen molar-refractivity contribution < 1.29 is 14.4 Å². The second kappa shape index (κ2) is 10.1. The van der Waals surface area contributed by atoms with Gasteiger partial charge >= 0.3 is 0 Å². The molecule has 0 amide bonds. The minimum Gasteiger partial charge on any atom is -0.493 e. The molecule has 33 heavy (non-hydrogen) atoms. The van der Waals surface area contributed by atoms with E-state index in [2.05, 4.69) is 11.0 Å². The molecule has 1 aliphatic rings. The highest BCUT2D eigenvalue weighted by Crippen LogP contribution is 2.41. The molecule has 1 atom stereocenters. The van der Waals surface area contributed by atoms with Crippen molar-refractivity contribution in [2.45, 2.75) is 12.5 Å². The van der Waals surface area contributed by atoms with Gasteiger partial charge in [-0.25, -0.2) is 0 Å². The van der Waals surface area contributed by atoms with Crippen LogP contribution in [0.5, 0.6) is 11.5 Å². The van der Waals surface area contributed by atoms with Crippen molar-refractivity contribution in [3.8, 4) is 11.5 Å². The summed E-state index contributed by atoms with van der Waals surface area (Å²) >= 11 is 6.34. The molecule has 6 nitrogen and oxygen atoms in total. The summed E-state index contributed by atoms with van der Waals surface area (Å²) < 4.78 is 11.1. The van der Waals surface area contributed by atoms with Gasteiger partial charge in [-0.3, -0.25) is 15.0 Å². The van der Waals surface area contributed by atoms with Gasteiger partial charge in [0.2, 0.25) is 0 Å². The fraction of sp³-hybridized carbons (Fsp3) is 0.231. The molecule has 0 aliphatic carbocycles. The molecule has 1 aliphatic heterocycles. The number of para-hydroxylation sites is 1. The number of hydrogen-bond acceptors (Lipinski definition) is 5. The third kappa shape index (κ3) is 4.87. The highest BCUT2D eigenvalue weighted by Gasteiger charge is 2.30. The second-order valence-electron chi connectivity index (χ2n) is 7.83. The van der Waals surface area contributed by atoms with Crippen LogP contribution in [0.3, 0.4) is 0 Å². The summed E-state index contributed by atoms with van der Waals surface area (Å²) in [6.07, 6.45) is 4.65. The van der Waals surface area contributed by atoms with Crippen LogP contribution in [0.2, 0.25) is 5.02 Å². The number of hydrogen-bond donors (Lipinski definition) is 0. The van der Waals surface area contributed by atoms with Crippen LogP contribution in [0.4, 0.5) is 5.69 Å². The van der Waals surface area contributed by atoms with Crippen molar-refractivity contribution in [2.75, 3.05) is 27.3 Å². The number of benzene rings is 3. The molecule has 1 unspecified atom stereocenters. The van der Waals surface area contributed by atoms with E-state index >= 15 is 0 Å². The minimum atomic E-state index is -0.356. The number of fused-ring (bicyclic) bond motifs is 1. The molecular weight excluding hydrogens is 440 g/mol. The van der Waals surface area contributed by atoms with Crippen molar-refractivity contribution in [3.05, 3.63) is 104 Å². The topological polar surface area (TPSA) is 64.8 Å². The molecule has 170 valence electrons. The van der Waals surface area contributed by atoms with Crippen molar-refractivity contribution in [2.24, 2.45) is 0 Å². The Morgan fingerprint density at radius 1 is 1.09 bits per heavy atom. The van der Waals surface area contributed by atoms with E-state index < -0.39 is 0 Å². The average molecular weight is 465 g/mol. The molecule has 4 rings (SSSR count). The normalized spacial score (nSPS) is 15.9. The standard InChI is InChI=1S/C26H25ClN2O4/c1-32-24-16-19-12-14-28(13-6-9-18-7-3-4-11-23(18)29(30)31)26(22(19)17-25(24)33-2)20-8-5-10-21(27)15-20/h3-11,15-17,26H,12-14H2,1-2H3. The molecular formula is C26H25ClN2O4. The number of halogens is 1. The minimum absolute atomic E-state index is 0.0392. The number of ether oxygens (including phenoxy) is 2. The van der Waals surface area contributed by atoms with Crippen LogP contribution in [0.25, 0.3) is 6.08 Å². The highest BCUT2D eigenvalue weighted by molar-refractivity contribution is 6.30. The van der Waals surface area contributed by atoms with Gasteiger partial charge in [-0.1, -0.05) is 48.0 Å². The Bertz CT molecular complexity index is 1190. The molecule has 3 aromatic carbocycles. The first-order valence-electron chi connectivity index (χ1n) is 10.7. The molecule has 0 spiro atoms. The van der Waals surface area contributed by atoms with Crippen LogP contribution in [0, 0.1) is 10.1 Å². The fourth-order valence-corrected chi connectivity index (χ4v) is 4.57. The molecule has 3 aromatic rings. The molecule has 0 radical (unpaired) electrons. The lowest BCUT2D eigenvalue weighted by molar-refractivity contribution is -0.385. The summed E-state index contributed by atoms with van der Waals surface area (Å²) in [5, 5.41) is 12.0. The third-order valence-corrected chi connectivity index (χ3v) is 6.14. The summed E-state index contributed by atoms with van der Waals surface area (Å²) in [7, 11) is 3.27. The zero-order chi connectivity index (χ0) is 23.4. The van der Waals surface area contributed by atoms with Crippen molar-refractivity contribution in [3.63, 3.8) is 0 Å². The van der Waals surface area contributed by atoms with Crippen LogP contribution in [0.15, 0.2) is 66.7 Å². The quantitative estimate of drug-likeness (QED) is 0.320. The molecule has 0 bridgehead atoms. The largest absolute Gasteiger partial charge is 0.493 e. The Kier molecular flexibility index (Phi) is 6.96. The van der Waals surface area contributed by atoms with E-state index in [0.29, 0.717) is 28.6 Å². The molecule has 0 fully saturated rings. The average Bonchev–Trinajstić information content (AvgIpc) is 2.83. The van der Waals surface area contributed by atoms with Crippen molar-refractivity contribution in [1.82, 2.24) is 4.90 Å². The van der Waals surface area contributed by atoms with Gasteiger partial charge in [-0.05, 0) is 53.4 Å². The van der Waals surface area contributed by atoms with Gasteiger partial charge in [-0.15, -0.1) is 0 Å². The smallest absolute Gasteiger partial charge is 0.276 e. The molecule has 0 saturated heterocycles. The Hall–Kier alpha value is -3.35. The Morgan fingerprint density at radius 3 is 2.58 bits per heavy atom. The van der Waals surface area contributed by atoms with Crippen LogP contribution in [0.1, 0.15) is 28.3 Å². The third-order valence-electron chi connectivity index (χ3n) is 5.91. The number of rotatable bonds is 7. The van der Waals surface area contributed by atoms with E-state index in [0.717, 1.165) is 24.1 Å². The monoisotopic (exact) mass is 464 g/mol. The first kappa shape index (κ1) is 22.8. The first-order valence-corrected chi connectivity index (χ1v) is 11.0. The van der Waals surface area contributed by atoms with E-state index in [9.17, 15) is 10.1 Å². The van der Waals surface area contributed by atoms with E-state index in [1.54, 1.807) is 32.4 Å². The lowest BCUT2D eigenvalue weighted by Gasteiger charge is -2.37. The van der Waals surface area contributed by atoms with E-state index in [1.165, 1.54) is 11.6 Å². The fourth-order valence-electron chi connectivity index (χ4n) is 4.37.